The van der Waals surface area contributed by atoms with Crippen molar-refractivity contribution in [2.45, 2.75) is 264 Å². The Morgan fingerprint density at radius 3 is 1.60 bits per heavy atom. The lowest BCUT2D eigenvalue weighted by Crippen LogP contribution is -2.34. The van der Waals surface area contributed by atoms with Gasteiger partial charge in [0, 0.05) is 32.1 Å². The molecule has 0 spiro atoms. The van der Waals surface area contributed by atoms with Gasteiger partial charge in [-0.15, -0.1) is 0 Å². The van der Waals surface area contributed by atoms with E-state index >= 15 is 0 Å². The van der Waals surface area contributed by atoms with E-state index in [1.54, 1.807) is 0 Å². The van der Waals surface area contributed by atoms with Crippen LogP contribution < -0.4 is 5.32 Å². The van der Waals surface area contributed by atoms with Crippen LogP contribution in [0.25, 0.3) is 0 Å². The van der Waals surface area contributed by atoms with Gasteiger partial charge in [-0.25, -0.2) is 0 Å². The Kier molecular flexibility index (Phi) is 40.1. The number of aromatic amines is 1. The summed E-state index contributed by atoms with van der Waals surface area (Å²) in [5.74, 6) is -0.448. The SMILES string of the molecule is CCCCCCCCCCCOC(=O)CCCCCN(CCCCCCCC(=O)OC(CCCCCCCC)CCCCCCCC)CC(O)CCCCNC(=O)c1c[nH]c(O)n1. The summed E-state index contributed by atoms with van der Waals surface area (Å²) >= 11 is 0. The smallest absolute Gasteiger partial charge is 0.306 e. The summed E-state index contributed by atoms with van der Waals surface area (Å²) in [5, 5.41) is 23.1. The van der Waals surface area contributed by atoms with Gasteiger partial charge < -0.3 is 34.9 Å². The van der Waals surface area contributed by atoms with E-state index in [0.29, 0.717) is 39.0 Å². The number of hydrogen-bond donors (Lipinski definition) is 4. The van der Waals surface area contributed by atoms with E-state index in [-0.39, 0.29) is 35.7 Å². The second-order valence-corrected chi connectivity index (χ2v) is 18.4. The molecule has 63 heavy (non-hydrogen) atoms. The van der Waals surface area contributed by atoms with Crippen LogP contribution in [0.15, 0.2) is 6.20 Å². The molecule has 1 amide bonds. The Labute approximate surface area is 385 Å². The number of amides is 1. The lowest BCUT2D eigenvalue weighted by atomic mass is 10.0. The maximum atomic E-state index is 12.9. The van der Waals surface area contributed by atoms with Gasteiger partial charge in [0.15, 0.2) is 0 Å². The molecule has 0 radical (unpaired) electrons. The van der Waals surface area contributed by atoms with Crippen LogP contribution >= 0.6 is 0 Å². The maximum absolute atomic E-state index is 12.9. The minimum Gasteiger partial charge on any atom is -0.480 e. The highest BCUT2D eigenvalue weighted by Gasteiger charge is 2.16. The molecule has 11 nitrogen and oxygen atoms in total. The van der Waals surface area contributed by atoms with Gasteiger partial charge in [-0.2, -0.15) is 4.98 Å². The molecule has 11 heteroatoms. The van der Waals surface area contributed by atoms with Crippen molar-refractivity contribution in [3.8, 4) is 6.01 Å². The third-order valence-electron chi connectivity index (χ3n) is 12.3. The first-order valence-corrected chi connectivity index (χ1v) is 26.6. The zero-order valence-electron chi connectivity index (χ0n) is 41.1. The molecule has 4 N–H and O–H groups in total. The van der Waals surface area contributed by atoms with Gasteiger partial charge in [-0.1, -0.05) is 162 Å². The summed E-state index contributed by atoms with van der Waals surface area (Å²) in [7, 11) is 0. The fraction of sp³-hybridized carbons (Fsp3) is 0.885. The van der Waals surface area contributed by atoms with Crippen LogP contribution in [-0.2, 0) is 19.1 Å². The molecule has 1 heterocycles. The lowest BCUT2D eigenvalue weighted by Gasteiger charge is -2.25. The number of nitrogens with one attached hydrogen (secondary N) is 2. The normalized spacial score (nSPS) is 12.0. The van der Waals surface area contributed by atoms with Gasteiger partial charge in [-0.3, -0.25) is 14.4 Å². The number of aliphatic hydroxyl groups is 1. The molecule has 0 aromatic carbocycles. The summed E-state index contributed by atoms with van der Waals surface area (Å²) in [6.45, 7) is 10.1. The molecule has 1 atom stereocenters. The number of hydrogen-bond acceptors (Lipinski definition) is 9. The number of carbonyl (C=O) groups excluding carboxylic acids is 3. The lowest BCUT2D eigenvalue weighted by molar-refractivity contribution is -0.150. The minimum atomic E-state index is -0.461. The maximum Gasteiger partial charge on any atom is 0.306 e. The van der Waals surface area contributed by atoms with E-state index in [9.17, 15) is 24.6 Å². The summed E-state index contributed by atoms with van der Waals surface area (Å²) in [4.78, 5) is 46.0. The van der Waals surface area contributed by atoms with Gasteiger partial charge in [0.25, 0.3) is 11.9 Å². The van der Waals surface area contributed by atoms with Gasteiger partial charge in [0.1, 0.15) is 11.8 Å². The van der Waals surface area contributed by atoms with Crippen molar-refractivity contribution in [2.24, 2.45) is 0 Å². The molecule has 0 saturated carbocycles. The molecule has 0 bridgehead atoms. The van der Waals surface area contributed by atoms with Crippen LogP contribution in [-0.4, -0.2) is 87.9 Å². The predicted octanol–water partition coefficient (Wildman–Crippen LogP) is 13.1. The second-order valence-electron chi connectivity index (χ2n) is 18.4. The van der Waals surface area contributed by atoms with Crippen molar-refractivity contribution in [3.05, 3.63) is 11.9 Å². The van der Waals surface area contributed by atoms with Crippen LogP contribution in [0.3, 0.4) is 0 Å². The highest BCUT2D eigenvalue weighted by Crippen LogP contribution is 2.19. The molecular weight excluding hydrogens is 793 g/mol. The molecule has 368 valence electrons. The first-order valence-electron chi connectivity index (χ1n) is 26.6. The molecule has 1 rings (SSSR count). The standard InChI is InChI=1S/C52H98N4O7/c1-4-7-10-13-16-17-18-24-34-43-62-49(58)38-29-25-33-42-56(45-46(57)35-30-31-40-53-51(60)48-44-54-52(61)55-48)41-32-23-19-22-28-39-50(59)63-47(36-26-20-14-11-8-5-2)37-27-21-15-12-9-6-3/h44,46-47,57H,4-43,45H2,1-3H3,(H,53,60)(H2,54,55,61). The second kappa shape index (κ2) is 43.2. The van der Waals surface area contributed by atoms with Crippen LogP contribution in [0.4, 0.5) is 0 Å². The van der Waals surface area contributed by atoms with Crippen molar-refractivity contribution in [3.63, 3.8) is 0 Å². The summed E-state index contributed by atoms with van der Waals surface area (Å²) < 4.78 is 11.6. The van der Waals surface area contributed by atoms with Crippen molar-refractivity contribution < 1.29 is 34.1 Å². The van der Waals surface area contributed by atoms with Gasteiger partial charge in [-0.05, 0) is 90.1 Å². The molecule has 0 fully saturated rings. The first kappa shape index (κ1) is 58.4. The molecule has 0 aliphatic carbocycles. The van der Waals surface area contributed by atoms with E-state index in [4.69, 9.17) is 9.47 Å². The zero-order chi connectivity index (χ0) is 45.9. The first-order chi connectivity index (χ1) is 30.8. The number of nitrogens with zero attached hydrogens (tertiary/aromatic N) is 2. The van der Waals surface area contributed by atoms with Crippen LogP contribution in [0.1, 0.15) is 262 Å². The number of esters is 2. The van der Waals surface area contributed by atoms with Crippen LogP contribution in [0.2, 0.25) is 0 Å². The molecule has 0 saturated heterocycles. The van der Waals surface area contributed by atoms with E-state index in [0.717, 1.165) is 116 Å². The summed E-state index contributed by atoms with van der Waals surface area (Å²) in [5.41, 5.74) is 0.151. The number of imidazole rings is 1. The van der Waals surface area contributed by atoms with Gasteiger partial charge in [0.05, 0.1) is 12.7 Å². The molecule has 1 aromatic rings. The summed E-state index contributed by atoms with van der Waals surface area (Å²) in [6, 6.07) is -0.284. The third-order valence-corrected chi connectivity index (χ3v) is 12.3. The summed E-state index contributed by atoms with van der Waals surface area (Å²) in [6.07, 6.45) is 40.3. The fourth-order valence-electron chi connectivity index (χ4n) is 8.31. The predicted molar refractivity (Wildman–Crippen MR) is 259 cm³/mol. The van der Waals surface area contributed by atoms with E-state index in [2.05, 4.69) is 41.0 Å². The molecular formula is C52H98N4O7. The number of aliphatic hydroxyl groups excluding tert-OH is 1. The van der Waals surface area contributed by atoms with E-state index in [1.807, 2.05) is 0 Å². The minimum absolute atomic E-state index is 0.0236. The number of carbonyl (C=O) groups is 3. The Morgan fingerprint density at radius 2 is 1.06 bits per heavy atom. The quantitative estimate of drug-likeness (QED) is 0.0370. The zero-order valence-corrected chi connectivity index (χ0v) is 41.1. The van der Waals surface area contributed by atoms with Gasteiger partial charge in [0.2, 0.25) is 0 Å². The number of rotatable bonds is 47. The van der Waals surface area contributed by atoms with Crippen LogP contribution in [0.5, 0.6) is 6.01 Å². The van der Waals surface area contributed by atoms with Crippen molar-refractivity contribution in [1.29, 1.82) is 0 Å². The number of H-pyrrole nitrogens is 1. The number of unbranched alkanes of at least 4 members (excludes halogenated alkanes) is 25. The Balaban J connectivity index is 2.41. The van der Waals surface area contributed by atoms with Crippen molar-refractivity contribution in [1.82, 2.24) is 20.2 Å². The van der Waals surface area contributed by atoms with Gasteiger partial charge >= 0.3 is 11.9 Å². The highest BCUT2D eigenvalue weighted by atomic mass is 16.5. The molecule has 1 unspecified atom stereocenters. The Morgan fingerprint density at radius 1 is 0.603 bits per heavy atom. The number of aromatic nitrogens is 2. The van der Waals surface area contributed by atoms with Crippen LogP contribution in [0, 0.1) is 0 Å². The topological polar surface area (TPSA) is 154 Å². The third kappa shape index (κ3) is 37.3. The molecule has 0 aliphatic rings. The van der Waals surface area contributed by atoms with Crippen molar-refractivity contribution in [2.75, 3.05) is 32.8 Å². The average molecular weight is 891 g/mol. The fourth-order valence-corrected chi connectivity index (χ4v) is 8.31. The average Bonchev–Trinajstić information content (AvgIpc) is 3.71. The molecule has 1 aromatic heterocycles. The number of aromatic hydroxyl groups is 1. The van der Waals surface area contributed by atoms with Crippen molar-refractivity contribution >= 4 is 17.8 Å². The molecule has 0 aliphatic heterocycles. The Bertz CT molecular complexity index is 1180. The highest BCUT2D eigenvalue weighted by molar-refractivity contribution is 5.92. The largest absolute Gasteiger partial charge is 0.480 e. The van der Waals surface area contributed by atoms with E-state index in [1.165, 1.54) is 115 Å². The van der Waals surface area contributed by atoms with E-state index < -0.39 is 6.10 Å². The number of ether oxygens (including phenoxy) is 2. The Hall–Kier alpha value is -2.66. The monoisotopic (exact) mass is 891 g/mol.